The third-order valence-electron chi connectivity index (χ3n) is 28.1. The van der Waals surface area contributed by atoms with Crippen LogP contribution in [0.15, 0.2) is 0 Å². The number of hydrogen-bond acceptors (Lipinski definition) is 16. The Morgan fingerprint density at radius 2 is 0.415 bits per heavy atom. The van der Waals surface area contributed by atoms with Gasteiger partial charge in [0.15, 0.2) is 0 Å². The third-order valence-corrected chi connectivity index (χ3v) is 28.1. The van der Waals surface area contributed by atoms with Crippen molar-refractivity contribution in [1.29, 1.82) is 0 Å². The lowest BCUT2D eigenvalue weighted by Gasteiger charge is -2.31. The van der Waals surface area contributed by atoms with Crippen LogP contribution in [0.2, 0.25) is 0 Å². The lowest BCUT2D eigenvalue weighted by atomic mass is 9.90. The third kappa shape index (κ3) is 79.6. The summed E-state index contributed by atoms with van der Waals surface area (Å²) in [6.45, 7) is 22.8. The number of ether oxygens (including phenoxy) is 4. The molecule has 6 N–H and O–H groups in total. The highest BCUT2D eigenvalue weighted by atomic mass is 16.5. The highest BCUT2D eigenvalue weighted by Crippen LogP contribution is 2.30. The van der Waals surface area contributed by atoms with E-state index in [1.807, 2.05) is 0 Å². The Morgan fingerprint density at radius 1 is 0.238 bits per heavy atom. The van der Waals surface area contributed by atoms with Crippen molar-refractivity contribution < 1.29 is 68.1 Å². The maximum atomic E-state index is 13.7. The Morgan fingerprint density at radius 3 is 0.608 bits per heavy atom. The molecule has 4 unspecified atom stereocenters. The van der Waals surface area contributed by atoms with Crippen molar-refractivity contribution in [2.45, 2.75) is 593 Å². The van der Waals surface area contributed by atoms with Crippen LogP contribution in [0.1, 0.15) is 556 Å². The zero-order valence-corrected chi connectivity index (χ0v) is 86.8. The quantitative estimate of drug-likeness (QED) is 0.0188. The van der Waals surface area contributed by atoms with E-state index in [9.17, 15) is 49.2 Å². The smallest absolute Gasteiger partial charge is 0.305 e. The van der Waals surface area contributed by atoms with Gasteiger partial charge in [-0.05, 0) is 178 Å². The van der Waals surface area contributed by atoms with Gasteiger partial charge in [0.25, 0.3) is 0 Å². The molecule has 1 fully saturated rings. The van der Waals surface area contributed by atoms with Crippen molar-refractivity contribution in [3.8, 4) is 0 Å². The van der Waals surface area contributed by atoms with Gasteiger partial charge in [0, 0.05) is 51.9 Å². The van der Waals surface area contributed by atoms with Crippen LogP contribution in [0.5, 0.6) is 0 Å². The van der Waals surface area contributed by atoms with Crippen molar-refractivity contribution in [2.75, 3.05) is 65.7 Å². The number of amides is 2. The molecule has 0 aromatic rings. The number of unbranched alkanes of at least 4 members (excludes halogenated alkanes) is 38. The largest absolute Gasteiger partial charge is 0.466 e. The summed E-state index contributed by atoms with van der Waals surface area (Å²) < 4.78 is 22.7. The van der Waals surface area contributed by atoms with E-state index >= 15 is 0 Å². The molecule has 1 saturated heterocycles. The highest BCUT2D eigenvalue weighted by molar-refractivity contribution is 5.96. The normalized spacial score (nSPS) is 14.7. The van der Waals surface area contributed by atoms with Crippen molar-refractivity contribution >= 4 is 35.7 Å². The lowest BCUT2D eigenvalue weighted by Crippen LogP contribution is -2.61. The van der Waals surface area contributed by atoms with Gasteiger partial charge >= 0.3 is 23.9 Å². The maximum absolute atomic E-state index is 13.7. The number of hydrogen-bond donors (Lipinski definition) is 6. The first kappa shape index (κ1) is 125. The number of carbonyl (C=O) groups is 6. The van der Waals surface area contributed by atoms with Gasteiger partial charge in [-0.25, -0.2) is 0 Å². The van der Waals surface area contributed by atoms with Crippen LogP contribution in [-0.4, -0.2) is 168 Å². The summed E-state index contributed by atoms with van der Waals surface area (Å²) in [4.78, 5) is 82.9. The molecule has 0 bridgehead atoms. The summed E-state index contributed by atoms with van der Waals surface area (Å²) in [5.74, 6) is 2.13. The number of carbonyl (C=O) groups excluding carboxylic acids is 6. The Hall–Kier alpha value is -3.42. The number of rotatable bonds is 102. The summed E-state index contributed by atoms with van der Waals surface area (Å²) >= 11 is 0. The molecule has 0 aromatic carbocycles. The molecule has 1 aliphatic rings. The fraction of sp³-hybridized carbons (Fsp3) is 0.946. The minimum atomic E-state index is -0.677. The van der Waals surface area contributed by atoms with Crippen molar-refractivity contribution in [3.63, 3.8) is 0 Å². The zero-order chi connectivity index (χ0) is 94.9. The van der Waals surface area contributed by atoms with Crippen LogP contribution in [0, 0.1) is 23.7 Å². The van der Waals surface area contributed by atoms with Crippen molar-refractivity contribution in [3.05, 3.63) is 0 Å². The molecular weight excluding hydrogens is 1630 g/mol. The molecule has 1 rings (SSSR count). The van der Waals surface area contributed by atoms with Crippen LogP contribution in [-0.2, 0) is 47.7 Å². The zero-order valence-electron chi connectivity index (χ0n) is 86.8. The fourth-order valence-corrected chi connectivity index (χ4v) is 19.6. The maximum Gasteiger partial charge on any atom is 0.305 e. The van der Waals surface area contributed by atoms with E-state index in [1.165, 1.54) is 283 Å². The lowest BCUT2D eigenvalue weighted by molar-refractivity contribution is -0.144. The van der Waals surface area contributed by atoms with E-state index in [-0.39, 0.29) is 35.7 Å². The first-order valence-corrected chi connectivity index (χ1v) is 56.8. The molecule has 0 saturated carbocycles. The van der Waals surface area contributed by atoms with E-state index in [0.717, 1.165) is 126 Å². The Balaban J connectivity index is 2.94. The Bertz CT molecular complexity index is 2160. The minimum absolute atomic E-state index is 0.143. The van der Waals surface area contributed by atoms with E-state index < -0.39 is 36.5 Å². The predicted octanol–water partition coefficient (Wildman–Crippen LogP) is 28.2. The molecule has 130 heavy (non-hydrogen) atoms. The van der Waals surface area contributed by atoms with Gasteiger partial charge in [-0.2, -0.15) is 0 Å². The van der Waals surface area contributed by atoms with Crippen LogP contribution in [0.3, 0.4) is 0 Å². The molecule has 768 valence electrons. The first-order chi connectivity index (χ1) is 63.4. The molecule has 0 aliphatic carbocycles. The molecule has 1 aliphatic heterocycles. The molecule has 1 heterocycles. The fourth-order valence-electron chi connectivity index (χ4n) is 19.6. The molecule has 18 heteroatoms. The molecule has 0 aromatic heterocycles. The van der Waals surface area contributed by atoms with Crippen LogP contribution < -0.4 is 10.6 Å². The van der Waals surface area contributed by atoms with Crippen LogP contribution >= 0.6 is 0 Å². The second kappa shape index (κ2) is 93.2. The van der Waals surface area contributed by atoms with Crippen LogP contribution in [0.4, 0.5) is 0 Å². The monoisotopic (exact) mass is 1840 g/mol. The topological polar surface area (TPSA) is 251 Å². The van der Waals surface area contributed by atoms with Gasteiger partial charge in [0.1, 0.15) is 12.1 Å². The summed E-state index contributed by atoms with van der Waals surface area (Å²) in [5.41, 5.74) is 0. The van der Waals surface area contributed by atoms with Gasteiger partial charge in [-0.15, -0.1) is 0 Å². The number of aliphatic hydroxyl groups excluding tert-OH is 4. The van der Waals surface area contributed by atoms with E-state index in [2.05, 4.69) is 75.8 Å². The summed E-state index contributed by atoms with van der Waals surface area (Å²) in [6.07, 6.45) is 79.2. The SMILES string of the molecule is CCCCCCC(CCCCCC)CCCCOC(=O)CCCCCC(O)CN(CCCC[C@@H]1NC(=O)[C@H](CCCCN(CC(O)CCCCCC(=O)OCCCCC(CCCCCC)CCCCCC)CC(O)CCCCCC(=O)OCCCCC(CCCCCC)CCCCCC)NC1=O)CC(O)CCCCCC(=O)OCCCCC(CCCCCC)CCCCCC. The van der Waals surface area contributed by atoms with Gasteiger partial charge in [-0.3, -0.25) is 38.6 Å². The summed E-state index contributed by atoms with van der Waals surface area (Å²) in [6, 6.07) is -1.35. The second-order valence-electron chi connectivity index (χ2n) is 40.8. The van der Waals surface area contributed by atoms with Crippen LogP contribution in [0.25, 0.3) is 0 Å². The standard InChI is InChI=1S/C112H216N4O14/c1-9-17-25-37-65-97(66-38-26-18-10-2)73-55-61-89-127-107(121)83-49-33-45-77-101(117)93-115(94-102(118)78-46-34-50-84-108(122)128-90-62-56-74-98(67-39-27-19-11-3)68-40-28-20-12-4)87-59-53-81-105-111(125)114-106(112(126)113-105)82-54-60-88-116(95-103(119)79-47-35-51-85-109(123)129-91-63-57-75-99(69-41-29-21-13-5)70-42-30-22-14-6)96-104(120)80-48-36-52-86-110(124)130-92-64-58-76-100(71-43-31-23-15-7)72-44-32-24-16-8/h97-106,117-120H,9-96H2,1-8H3,(H,113,126)(H,114,125)/t101?,102?,103?,104?,105-,106-/m0/s1. The number of nitrogens with one attached hydrogen (secondary N) is 2. The number of nitrogens with zero attached hydrogens (tertiary/aromatic N) is 2. The summed E-state index contributed by atoms with van der Waals surface area (Å²) in [5, 5.41) is 52.0. The minimum Gasteiger partial charge on any atom is -0.466 e. The predicted molar refractivity (Wildman–Crippen MR) is 544 cm³/mol. The Labute approximate surface area is 801 Å². The van der Waals surface area contributed by atoms with E-state index in [1.54, 1.807) is 0 Å². The second-order valence-corrected chi connectivity index (χ2v) is 40.8. The molecule has 6 atom stereocenters. The summed E-state index contributed by atoms with van der Waals surface area (Å²) in [7, 11) is 0. The number of aliphatic hydroxyl groups is 4. The van der Waals surface area contributed by atoms with Crippen molar-refractivity contribution in [2.24, 2.45) is 23.7 Å². The number of piperazine rings is 1. The molecular formula is C112H216N4O14. The molecule has 2 amide bonds. The van der Waals surface area contributed by atoms with Gasteiger partial charge < -0.3 is 50.0 Å². The van der Waals surface area contributed by atoms with Gasteiger partial charge in [0.2, 0.25) is 11.8 Å². The molecule has 18 nitrogen and oxygen atoms in total. The van der Waals surface area contributed by atoms with Crippen molar-refractivity contribution in [1.82, 2.24) is 20.4 Å². The number of esters is 4. The molecule has 0 spiro atoms. The average Bonchev–Trinajstić information content (AvgIpc) is 0.844. The van der Waals surface area contributed by atoms with E-state index in [4.69, 9.17) is 18.9 Å². The van der Waals surface area contributed by atoms with E-state index in [0.29, 0.717) is 181 Å². The van der Waals surface area contributed by atoms with Gasteiger partial charge in [0.05, 0.1) is 50.8 Å². The average molecular weight is 1840 g/mol. The first-order valence-electron chi connectivity index (χ1n) is 56.8. The highest BCUT2D eigenvalue weighted by Gasteiger charge is 2.33. The molecule has 0 radical (unpaired) electrons. The van der Waals surface area contributed by atoms with Gasteiger partial charge in [-0.1, -0.05) is 389 Å². The Kier molecular flexibility index (Phi) is 89.4.